The number of unbranched alkanes of at least 4 members (excludes halogenated alkanes) is 3. The number of pyridine rings is 1. The van der Waals surface area contributed by atoms with Crippen molar-refractivity contribution in [1.82, 2.24) is 4.98 Å². The minimum absolute atomic E-state index is 0.815. The molecule has 0 N–H and O–H groups in total. The summed E-state index contributed by atoms with van der Waals surface area (Å²) < 4.78 is 5.85. The zero-order valence-corrected chi connectivity index (χ0v) is 16.5. The van der Waals surface area contributed by atoms with Crippen molar-refractivity contribution in [3.63, 3.8) is 0 Å². The first kappa shape index (κ1) is 18.9. The Kier molecular flexibility index (Phi) is 7.11. The van der Waals surface area contributed by atoms with Gasteiger partial charge in [0.2, 0.25) is 0 Å². The van der Waals surface area contributed by atoms with Gasteiger partial charge in [-0.3, -0.25) is 4.98 Å². The maximum atomic E-state index is 5.85. The molecule has 1 aliphatic rings. The maximum Gasteiger partial charge on any atom is 0.119 e. The number of benzene rings is 1. The van der Waals surface area contributed by atoms with Crippen LogP contribution in [0.25, 0.3) is 11.3 Å². The number of hydrogen-bond donors (Lipinski definition) is 0. The summed E-state index contributed by atoms with van der Waals surface area (Å²) in [5, 5.41) is 0. The van der Waals surface area contributed by atoms with E-state index in [-0.39, 0.29) is 0 Å². The van der Waals surface area contributed by atoms with E-state index in [2.05, 4.69) is 50.2 Å². The lowest BCUT2D eigenvalue weighted by molar-refractivity contribution is 0.305. The average molecular weight is 352 g/mol. The lowest BCUT2D eigenvalue weighted by Crippen LogP contribution is -2.15. The molecule has 0 radical (unpaired) electrons. The van der Waals surface area contributed by atoms with E-state index in [1.807, 2.05) is 0 Å². The molecule has 3 rings (SSSR count). The fourth-order valence-electron chi connectivity index (χ4n) is 3.94. The van der Waals surface area contributed by atoms with Gasteiger partial charge in [0, 0.05) is 11.3 Å². The topological polar surface area (TPSA) is 22.1 Å². The smallest absolute Gasteiger partial charge is 0.119 e. The molecule has 2 heteroatoms. The van der Waals surface area contributed by atoms with Gasteiger partial charge in [0.05, 0.1) is 12.3 Å². The monoisotopic (exact) mass is 351 g/mol. The Balaban J connectivity index is 1.59. The Labute approximate surface area is 159 Å². The van der Waals surface area contributed by atoms with Gasteiger partial charge in [-0.2, -0.15) is 0 Å². The van der Waals surface area contributed by atoms with Crippen LogP contribution >= 0.6 is 0 Å². The number of aromatic nitrogens is 1. The zero-order valence-electron chi connectivity index (χ0n) is 16.5. The van der Waals surface area contributed by atoms with Crippen LogP contribution in [-0.2, 0) is 12.8 Å². The van der Waals surface area contributed by atoms with Crippen LogP contribution in [0.1, 0.15) is 70.1 Å². The van der Waals surface area contributed by atoms with Crippen LogP contribution in [0.3, 0.4) is 0 Å². The van der Waals surface area contributed by atoms with E-state index in [0.717, 1.165) is 36.8 Å². The highest BCUT2D eigenvalue weighted by molar-refractivity contribution is 5.60. The third-order valence-electron chi connectivity index (χ3n) is 5.48. The molecule has 140 valence electrons. The van der Waals surface area contributed by atoms with E-state index in [4.69, 9.17) is 9.72 Å². The summed E-state index contributed by atoms with van der Waals surface area (Å²) in [7, 11) is 0. The summed E-state index contributed by atoms with van der Waals surface area (Å²) in [6.07, 6.45) is 11.2. The second-order valence-electron chi connectivity index (χ2n) is 7.63. The highest BCUT2D eigenvalue weighted by Gasteiger charge is 2.19. The molecule has 0 spiro atoms. The molecule has 0 amide bonds. The average Bonchev–Trinajstić information content (AvgIpc) is 2.68. The molecule has 2 nitrogen and oxygen atoms in total. The van der Waals surface area contributed by atoms with Crippen LogP contribution in [0.5, 0.6) is 5.75 Å². The van der Waals surface area contributed by atoms with Gasteiger partial charge in [-0.1, -0.05) is 52.0 Å². The molecule has 0 bridgehead atoms. The van der Waals surface area contributed by atoms with Crippen molar-refractivity contribution in [2.45, 2.75) is 71.6 Å². The number of hydrogen-bond acceptors (Lipinski definition) is 2. The van der Waals surface area contributed by atoms with Crippen molar-refractivity contribution in [2.24, 2.45) is 5.92 Å². The van der Waals surface area contributed by atoms with Crippen LogP contribution in [0, 0.1) is 5.92 Å². The zero-order chi connectivity index (χ0) is 18.2. The Morgan fingerprint density at radius 3 is 2.58 bits per heavy atom. The molecule has 26 heavy (non-hydrogen) atoms. The van der Waals surface area contributed by atoms with Crippen molar-refractivity contribution in [2.75, 3.05) is 6.61 Å². The molecule has 1 aromatic heterocycles. The molecule has 0 unspecified atom stereocenters. The molecule has 1 atom stereocenters. The predicted molar refractivity (Wildman–Crippen MR) is 110 cm³/mol. The minimum Gasteiger partial charge on any atom is -0.494 e. The van der Waals surface area contributed by atoms with Crippen molar-refractivity contribution in [3.05, 3.63) is 47.7 Å². The van der Waals surface area contributed by atoms with E-state index in [1.165, 1.54) is 61.8 Å². The molecule has 0 saturated heterocycles. The molecule has 0 aliphatic heterocycles. The van der Waals surface area contributed by atoms with Crippen molar-refractivity contribution >= 4 is 0 Å². The summed E-state index contributed by atoms with van der Waals surface area (Å²) in [4.78, 5) is 4.96. The van der Waals surface area contributed by atoms with E-state index in [0.29, 0.717) is 0 Å². The highest BCUT2D eigenvalue weighted by atomic mass is 16.5. The first-order chi connectivity index (χ1) is 12.8. The highest BCUT2D eigenvalue weighted by Crippen LogP contribution is 2.30. The van der Waals surface area contributed by atoms with Gasteiger partial charge in [0.15, 0.2) is 0 Å². The maximum absolute atomic E-state index is 5.85. The van der Waals surface area contributed by atoms with Gasteiger partial charge in [0.25, 0.3) is 0 Å². The Morgan fingerprint density at radius 2 is 1.81 bits per heavy atom. The van der Waals surface area contributed by atoms with Crippen LogP contribution in [-0.4, -0.2) is 11.6 Å². The largest absolute Gasteiger partial charge is 0.494 e. The van der Waals surface area contributed by atoms with Crippen molar-refractivity contribution in [1.29, 1.82) is 0 Å². The number of ether oxygens (including phenoxy) is 1. The molecule has 1 heterocycles. The Morgan fingerprint density at radius 1 is 0.962 bits per heavy atom. The predicted octanol–water partition coefficient (Wildman–Crippen LogP) is 6.61. The standard InChI is InChI=1S/C24H33NO/c1-3-5-6-7-17-26-22-13-10-20(11-14-22)23-16-12-21-18-19(8-4-2)9-15-24(21)25-23/h10-14,16,19H,3-9,15,17-18H2,1-2H3/t19-/m0/s1. The third kappa shape index (κ3) is 5.09. The lowest BCUT2D eigenvalue weighted by Gasteiger charge is -2.24. The first-order valence-electron chi connectivity index (χ1n) is 10.5. The van der Waals surface area contributed by atoms with Gasteiger partial charge < -0.3 is 4.74 Å². The molecular weight excluding hydrogens is 318 g/mol. The van der Waals surface area contributed by atoms with Crippen LogP contribution in [0.4, 0.5) is 0 Å². The van der Waals surface area contributed by atoms with E-state index in [9.17, 15) is 0 Å². The van der Waals surface area contributed by atoms with E-state index in [1.54, 1.807) is 0 Å². The fraction of sp³-hybridized carbons (Fsp3) is 0.542. The van der Waals surface area contributed by atoms with Gasteiger partial charge in [0.1, 0.15) is 5.75 Å². The van der Waals surface area contributed by atoms with Crippen molar-refractivity contribution in [3.8, 4) is 17.0 Å². The van der Waals surface area contributed by atoms with Crippen LogP contribution in [0.2, 0.25) is 0 Å². The minimum atomic E-state index is 0.815. The number of nitrogens with zero attached hydrogens (tertiary/aromatic N) is 1. The van der Waals surface area contributed by atoms with Gasteiger partial charge in [-0.05, 0) is 67.5 Å². The molecule has 2 aromatic rings. The second kappa shape index (κ2) is 9.75. The van der Waals surface area contributed by atoms with E-state index >= 15 is 0 Å². The summed E-state index contributed by atoms with van der Waals surface area (Å²) in [6.45, 7) is 5.34. The molecule has 0 fully saturated rings. The molecular formula is C24H33NO. The normalized spacial score (nSPS) is 16.3. The van der Waals surface area contributed by atoms with Crippen molar-refractivity contribution < 1.29 is 4.74 Å². The third-order valence-corrected chi connectivity index (χ3v) is 5.48. The lowest BCUT2D eigenvalue weighted by atomic mass is 9.84. The van der Waals surface area contributed by atoms with Gasteiger partial charge in [-0.25, -0.2) is 0 Å². The fourth-order valence-corrected chi connectivity index (χ4v) is 3.94. The number of aryl methyl sites for hydroxylation is 1. The number of fused-ring (bicyclic) bond motifs is 1. The molecule has 0 saturated carbocycles. The van der Waals surface area contributed by atoms with Crippen LogP contribution < -0.4 is 4.74 Å². The SMILES string of the molecule is CCCCCCOc1ccc(-c2ccc3c(n2)CC[C@H](CCC)C3)cc1. The summed E-state index contributed by atoms with van der Waals surface area (Å²) >= 11 is 0. The molecule has 1 aromatic carbocycles. The number of rotatable bonds is 9. The Hall–Kier alpha value is -1.83. The molecule has 1 aliphatic carbocycles. The van der Waals surface area contributed by atoms with Crippen LogP contribution in [0.15, 0.2) is 36.4 Å². The second-order valence-corrected chi connectivity index (χ2v) is 7.63. The van der Waals surface area contributed by atoms with Gasteiger partial charge >= 0.3 is 0 Å². The Bertz CT molecular complexity index is 677. The quantitative estimate of drug-likeness (QED) is 0.474. The summed E-state index contributed by atoms with van der Waals surface area (Å²) in [5.41, 5.74) is 5.05. The van der Waals surface area contributed by atoms with E-state index < -0.39 is 0 Å². The summed E-state index contributed by atoms with van der Waals surface area (Å²) in [5.74, 6) is 1.82. The first-order valence-corrected chi connectivity index (χ1v) is 10.5. The summed E-state index contributed by atoms with van der Waals surface area (Å²) in [6, 6.07) is 12.9. The van der Waals surface area contributed by atoms with Gasteiger partial charge in [-0.15, -0.1) is 0 Å².